The number of likely N-dealkylation sites (tertiary alicyclic amines) is 1. The number of rotatable bonds is 7. The summed E-state index contributed by atoms with van der Waals surface area (Å²) < 4.78 is 14.5. The van der Waals surface area contributed by atoms with Crippen LogP contribution in [0, 0.1) is 11.3 Å². The predicted molar refractivity (Wildman–Crippen MR) is 126 cm³/mol. The van der Waals surface area contributed by atoms with Gasteiger partial charge in [-0.3, -0.25) is 9.59 Å². The maximum absolute atomic E-state index is 14.5. The Morgan fingerprint density at radius 3 is 2.55 bits per heavy atom. The maximum atomic E-state index is 14.5. The molecule has 0 bridgehead atoms. The van der Waals surface area contributed by atoms with Crippen LogP contribution in [0.1, 0.15) is 50.4 Å². The summed E-state index contributed by atoms with van der Waals surface area (Å²) in [4.78, 5) is 32.7. The van der Waals surface area contributed by atoms with Gasteiger partial charge in [-0.25, -0.2) is 9.37 Å². The molecule has 1 unspecified atom stereocenters. The fourth-order valence-electron chi connectivity index (χ4n) is 4.13. The van der Waals surface area contributed by atoms with Gasteiger partial charge in [0.25, 0.3) is 5.91 Å². The molecule has 3 rings (SSSR count). The summed E-state index contributed by atoms with van der Waals surface area (Å²) >= 11 is 0. The van der Waals surface area contributed by atoms with Crippen LogP contribution in [-0.4, -0.2) is 57.7 Å². The van der Waals surface area contributed by atoms with Crippen LogP contribution < -0.4 is 4.90 Å². The number of aromatic hydroxyl groups is 1. The molecule has 1 fully saturated rings. The molecular weight excluding hydrogens is 423 g/mol. The second kappa shape index (κ2) is 9.68. The molecule has 2 N–H and O–H groups in total. The largest absolute Gasteiger partial charge is 0.504 e. The Labute approximate surface area is 193 Å². The molecule has 1 atom stereocenters. The molecule has 1 saturated heterocycles. The van der Waals surface area contributed by atoms with Crippen LogP contribution in [0.2, 0.25) is 0 Å². The highest BCUT2D eigenvalue weighted by Crippen LogP contribution is 2.33. The SMILES string of the molecule is C=C(C)C(=O)C1C=CC(N(CC)c2ncc(C(=O)N3CCC(F)(CC)CC3)cc2O)=CC1=N. The highest BCUT2D eigenvalue weighted by molar-refractivity contribution is 6.16. The topological polar surface area (TPSA) is 97.6 Å². The highest BCUT2D eigenvalue weighted by atomic mass is 19.1. The van der Waals surface area contributed by atoms with Crippen LogP contribution in [0.3, 0.4) is 0 Å². The number of carbonyl (C=O) groups is 2. The Morgan fingerprint density at radius 1 is 1.36 bits per heavy atom. The van der Waals surface area contributed by atoms with Gasteiger partial charge in [0.2, 0.25) is 0 Å². The van der Waals surface area contributed by atoms with Crippen LogP contribution in [0.25, 0.3) is 0 Å². The minimum atomic E-state index is -1.22. The highest BCUT2D eigenvalue weighted by Gasteiger charge is 2.35. The van der Waals surface area contributed by atoms with Crippen molar-refractivity contribution in [3.8, 4) is 5.75 Å². The first-order chi connectivity index (χ1) is 15.6. The van der Waals surface area contributed by atoms with E-state index in [4.69, 9.17) is 5.41 Å². The number of alkyl halides is 1. The minimum Gasteiger partial charge on any atom is -0.504 e. The lowest BCUT2D eigenvalue weighted by molar-refractivity contribution is -0.116. The van der Waals surface area contributed by atoms with E-state index in [0.29, 0.717) is 50.2 Å². The molecule has 8 heteroatoms. The first-order valence-electron chi connectivity index (χ1n) is 11.2. The molecule has 0 radical (unpaired) electrons. The van der Waals surface area contributed by atoms with Gasteiger partial charge in [0.1, 0.15) is 5.67 Å². The first kappa shape index (κ1) is 24.4. The summed E-state index contributed by atoms with van der Waals surface area (Å²) in [5.74, 6) is -1.10. The summed E-state index contributed by atoms with van der Waals surface area (Å²) in [5, 5.41) is 18.9. The number of carbonyl (C=O) groups excluding carboxylic acids is 2. The maximum Gasteiger partial charge on any atom is 0.255 e. The van der Waals surface area contributed by atoms with Crippen molar-refractivity contribution in [2.24, 2.45) is 5.92 Å². The Balaban J connectivity index is 1.77. The number of nitrogens with one attached hydrogen (secondary N) is 1. The van der Waals surface area contributed by atoms with Crippen molar-refractivity contribution in [3.05, 3.63) is 53.9 Å². The van der Waals surface area contributed by atoms with Crippen LogP contribution >= 0.6 is 0 Å². The molecule has 1 aromatic heterocycles. The van der Waals surface area contributed by atoms with Crippen molar-refractivity contribution in [2.75, 3.05) is 24.5 Å². The molecule has 0 spiro atoms. The van der Waals surface area contributed by atoms with Crippen molar-refractivity contribution >= 4 is 23.2 Å². The van der Waals surface area contributed by atoms with Crippen molar-refractivity contribution in [2.45, 2.75) is 45.7 Å². The van der Waals surface area contributed by atoms with Crippen molar-refractivity contribution < 1.29 is 19.1 Å². The van der Waals surface area contributed by atoms with Crippen molar-refractivity contribution in [1.29, 1.82) is 5.41 Å². The summed E-state index contributed by atoms with van der Waals surface area (Å²) in [6.45, 7) is 10.1. The van der Waals surface area contributed by atoms with Crippen LogP contribution in [0.5, 0.6) is 5.75 Å². The zero-order valence-electron chi connectivity index (χ0n) is 19.4. The molecule has 176 valence electrons. The van der Waals surface area contributed by atoms with E-state index in [2.05, 4.69) is 11.6 Å². The van der Waals surface area contributed by atoms with Crippen LogP contribution in [0.4, 0.5) is 10.2 Å². The Kier molecular flexibility index (Phi) is 7.15. The number of aromatic nitrogens is 1. The Hall–Kier alpha value is -3.29. The average molecular weight is 455 g/mol. The second-order valence-electron chi connectivity index (χ2n) is 8.61. The van der Waals surface area contributed by atoms with Gasteiger partial charge in [-0.15, -0.1) is 0 Å². The minimum absolute atomic E-state index is 0.131. The van der Waals surface area contributed by atoms with Gasteiger partial charge in [0.15, 0.2) is 17.4 Å². The Morgan fingerprint density at radius 2 is 2.03 bits per heavy atom. The first-order valence-corrected chi connectivity index (χ1v) is 11.2. The third-order valence-corrected chi connectivity index (χ3v) is 6.36. The lowest BCUT2D eigenvalue weighted by Gasteiger charge is -2.36. The van der Waals surface area contributed by atoms with E-state index in [-0.39, 0.29) is 34.5 Å². The third kappa shape index (κ3) is 5.05. The summed E-state index contributed by atoms with van der Waals surface area (Å²) in [6.07, 6.45) is 7.38. The van der Waals surface area contributed by atoms with E-state index in [1.165, 1.54) is 12.3 Å². The second-order valence-corrected chi connectivity index (χ2v) is 8.61. The number of anilines is 1. The van der Waals surface area contributed by atoms with E-state index in [0.717, 1.165) is 0 Å². The number of ketones is 1. The van der Waals surface area contributed by atoms with Crippen molar-refractivity contribution in [3.63, 3.8) is 0 Å². The lowest BCUT2D eigenvalue weighted by Crippen LogP contribution is -2.44. The molecular formula is C25H31FN4O3. The quantitative estimate of drug-likeness (QED) is 0.602. The van der Waals surface area contributed by atoms with Gasteiger partial charge in [0, 0.05) is 37.2 Å². The number of piperidine rings is 1. The van der Waals surface area contributed by atoms with Gasteiger partial charge >= 0.3 is 0 Å². The van der Waals surface area contributed by atoms with Gasteiger partial charge in [-0.1, -0.05) is 19.6 Å². The van der Waals surface area contributed by atoms with E-state index in [1.807, 2.05) is 13.8 Å². The molecule has 0 aromatic carbocycles. The van der Waals surface area contributed by atoms with E-state index < -0.39 is 11.6 Å². The number of Topliss-reactive ketones (excluding diaryl/α,β-unsaturated/α-hetero) is 1. The number of halogens is 1. The molecule has 1 aromatic rings. The standard InChI is InChI=1S/C25H31FN4O3/c1-5-25(26)9-11-29(12-10-25)24(33)17-13-21(31)23(28-15-17)30(6-2)18-7-8-19(20(27)14-18)22(32)16(3)4/h7-8,13-15,19,27,31H,3,5-6,9-12H2,1-2,4H3. The number of likely N-dealkylation sites (N-methyl/N-ethyl adjacent to an activating group) is 1. The Bertz CT molecular complexity index is 1040. The molecule has 33 heavy (non-hydrogen) atoms. The fourth-order valence-corrected chi connectivity index (χ4v) is 4.13. The molecule has 1 aliphatic carbocycles. The molecule has 0 saturated carbocycles. The molecule has 1 amide bonds. The fraction of sp³-hybridized carbons (Fsp3) is 0.440. The lowest BCUT2D eigenvalue weighted by atomic mass is 9.90. The van der Waals surface area contributed by atoms with E-state index >= 15 is 0 Å². The molecule has 1 aliphatic heterocycles. The number of allylic oxidation sites excluding steroid dienone is 4. The molecule has 2 aliphatic rings. The number of pyridine rings is 1. The normalized spacial score (nSPS) is 19.8. The van der Waals surface area contributed by atoms with Gasteiger partial charge in [0.05, 0.1) is 11.5 Å². The summed E-state index contributed by atoms with van der Waals surface area (Å²) in [7, 11) is 0. The molecule has 2 heterocycles. The van der Waals surface area contributed by atoms with Gasteiger partial charge in [-0.05, 0) is 56.9 Å². The summed E-state index contributed by atoms with van der Waals surface area (Å²) in [6, 6.07) is 1.37. The monoisotopic (exact) mass is 454 g/mol. The summed E-state index contributed by atoms with van der Waals surface area (Å²) in [5.41, 5.74) is 0.143. The zero-order valence-corrected chi connectivity index (χ0v) is 19.4. The van der Waals surface area contributed by atoms with Crippen molar-refractivity contribution in [1.82, 2.24) is 9.88 Å². The number of hydrogen-bond acceptors (Lipinski definition) is 6. The van der Waals surface area contributed by atoms with Gasteiger partial charge in [-0.2, -0.15) is 0 Å². The smallest absolute Gasteiger partial charge is 0.255 e. The molecule has 7 nitrogen and oxygen atoms in total. The number of nitrogens with zero attached hydrogens (tertiary/aromatic N) is 3. The van der Waals surface area contributed by atoms with E-state index in [9.17, 15) is 19.1 Å². The van der Waals surface area contributed by atoms with Crippen LogP contribution in [0.15, 0.2) is 48.3 Å². The number of hydrogen-bond donors (Lipinski definition) is 2. The third-order valence-electron chi connectivity index (χ3n) is 6.36. The predicted octanol–water partition coefficient (Wildman–Crippen LogP) is 4.20. The zero-order chi connectivity index (χ0) is 24.3. The average Bonchev–Trinajstić information content (AvgIpc) is 2.80. The van der Waals surface area contributed by atoms with Crippen LogP contribution in [-0.2, 0) is 4.79 Å². The number of amides is 1. The van der Waals surface area contributed by atoms with E-state index in [1.54, 1.807) is 35.0 Å². The van der Waals surface area contributed by atoms with Gasteiger partial charge < -0.3 is 20.3 Å².